The van der Waals surface area contributed by atoms with Gasteiger partial charge in [0, 0.05) is 22.5 Å². The summed E-state index contributed by atoms with van der Waals surface area (Å²) in [6, 6.07) is 3.23. The number of nitrogens with one attached hydrogen (secondary N) is 1. The minimum Gasteiger partial charge on any atom is -0.496 e. The summed E-state index contributed by atoms with van der Waals surface area (Å²) < 4.78 is 43.1. The number of hydrogen-bond acceptors (Lipinski definition) is 2. The summed E-state index contributed by atoms with van der Waals surface area (Å²) in [4.78, 5) is 0. The van der Waals surface area contributed by atoms with E-state index in [-0.39, 0.29) is 6.42 Å². The summed E-state index contributed by atoms with van der Waals surface area (Å²) in [7, 11) is 3.16. The molecule has 0 bridgehead atoms. The van der Waals surface area contributed by atoms with Gasteiger partial charge >= 0.3 is 6.18 Å². The third kappa shape index (κ3) is 4.69. The van der Waals surface area contributed by atoms with Crippen LogP contribution in [0.3, 0.4) is 0 Å². The molecule has 0 saturated carbocycles. The summed E-state index contributed by atoms with van der Waals surface area (Å²) in [5, 5.41) is 2.91. The molecule has 0 radical (unpaired) electrons. The summed E-state index contributed by atoms with van der Waals surface area (Å²) in [5.41, 5.74) is 1.71. The molecule has 1 aromatic rings. The molecule has 1 N–H and O–H groups in total. The molecule has 0 saturated heterocycles. The Hall–Kier alpha value is -0.750. The van der Waals surface area contributed by atoms with E-state index in [0.29, 0.717) is 5.75 Å². The Morgan fingerprint density at radius 3 is 2.47 bits per heavy atom. The standard InChI is InChI=1S/C13H17BrF3NO/c1-8-6-12(19-3)9(7-10(8)14)11(18-2)4-5-13(15,16)17/h6-7,11,18H,4-5H2,1-3H3. The van der Waals surface area contributed by atoms with Gasteiger partial charge in [-0.3, -0.25) is 0 Å². The zero-order valence-electron chi connectivity index (χ0n) is 11.1. The lowest BCUT2D eigenvalue weighted by molar-refractivity contribution is -0.136. The minimum atomic E-state index is -4.15. The van der Waals surface area contributed by atoms with Crippen LogP contribution >= 0.6 is 15.9 Å². The fourth-order valence-corrected chi connectivity index (χ4v) is 2.24. The SMILES string of the molecule is CNC(CCC(F)(F)F)c1cc(Br)c(C)cc1OC. The molecular formula is C13H17BrF3NO. The lowest BCUT2D eigenvalue weighted by Gasteiger charge is -2.21. The van der Waals surface area contributed by atoms with Crippen molar-refractivity contribution in [3.05, 3.63) is 27.7 Å². The molecule has 0 heterocycles. The maximum Gasteiger partial charge on any atom is 0.389 e. The second kappa shape index (κ2) is 6.61. The predicted octanol–water partition coefficient (Wildman–Crippen LogP) is 4.37. The Morgan fingerprint density at radius 1 is 1.37 bits per heavy atom. The Morgan fingerprint density at radius 2 is 2.00 bits per heavy atom. The van der Waals surface area contributed by atoms with Crippen molar-refractivity contribution in [2.24, 2.45) is 0 Å². The van der Waals surface area contributed by atoms with Crippen LogP contribution < -0.4 is 10.1 Å². The van der Waals surface area contributed by atoms with Gasteiger partial charge in [-0.2, -0.15) is 13.2 Å². The highest BCUT2D eigenvalue weighted by molar-refractivity contribution is 9.10. The van der Waals surface area contributed by atoms with Crippen LogP contribution in [0.5, 0.6) is 5.75 Å². The topological polar surface area (TPSA) is 21.3 Å². The largest absolute Gasteiger partial charge is 0.496 e. The molecule has 1 aromatic carbocycles. The summed E-state index contributed by atoms with van der Waals surface area (Å²) >= 11 is 3.39. The van der Waals surface area contributed by atoms with Crippen LogP contribution in [0.4, 0.5) is 13.2 Å². The van der Waals surface area contributed by atoms with E-state index in [1.807, 2.05) is 19.1 Å². The van der Waals surface area contributed by atoms with Crippen molar-refractivity contribution in [2.45, 2.75) is 32.0 Å². The molecule has 0 aromatic heterocycles. The number of hydrogen-bond donors (Lipinski definition) is 1. The number of ether oxygens (including phenoxy) is 1. The summed E-state index contributed by atoms with van der Waals surface area (Å²) in [5.74, 6) is 0.599. The quantitative estimate of drug-likeness (QED) is 0.860. The molecule has 1 atom stereocenters. The van der Waals surface area contributed by atoms with E-state index in [9.17, 15) is 13.2 Å². The first-order valence-corrected chi connectivity index (χ1v) is 6.66. The zero-order valence-corrected chi connectivity index (χ0v) is 12.7. The highest BCUT2D eigenvalue weighted by atomic mass is 79.9. The van der Waals surface area contributed by atoms with Crippen LogP contribution in [-0.2, 0) is 0 Å². The number of halogens is 4. The number of rotatable bonds is 5. The fourth-order valence-electron chi connectivity index (χ4n) is 1.88. The van der Waals surface area contributed by atoms with Crippen LogP contribution in [0.1, 0.15) is 30.0 Å². The lowest BCUT2D eigenvalue weighted by Crippen LogP contribution is -2.20. The van der Waals surface area contributed by atoms with Crippen LogP contribution in [0.25, 0.3) is 0 Å². The van der Waals surface area contributed by atoms with Crippen LogP contribution in [0, 0.1) is 6.92 Å². The van der Waals surface area contributed by atoms with Crippen molar-refractivity contribution < 1.29 is 17.9 Å². The van der Waals surface area contributed by atoms with Gasteiger partial charge in [-0.25, -0.2) is 0 Å². The monoisotopic (exact) mass is 339 g/mol. The van der Waals surface area contributed by atoms with Gasteiger partial charge in [0.05, 0.1) is 7.11 Å². The summed E-state index contributed by atoms with van der Waals surface area (Å²) in [6.07, 6.45) is -5.00. The van der Waals surface area contributed by atoms with Gasteiger partial charge in [0.2, 0.25) is 0 Å². The molecule has 1 unspecified atom stereocenters. The molecule has 0 spiro atoms. The Labute approximate surface area is 119 Å². The van der Waals surface area contributed by atoms with Gasteiger partial charge in [-0.1, -0.05) is 15.9 Å². The van der Waals surface area contributed by atoms with E-state index >= 15 is 0 Å². The first-order chi connectivity index (χ1) is 8.78. The maximum atomic E-state index is 12.3. The van der Waals surface area contributed by atoms with E-state index in [1.165, 1.54) is 7.11 Å². The van der Waals surface area contributed by atoms with Crippen molar-refractivity contribution >= 4 is 15.9 Å². The molecule has 2 nitrogen and oxygen atoms in total. The molecule has 19 heavy (non-hydrogen) atoms. The van der Waals surface area contributed by atoms with Crippen LogP contribution in [-0.4, -0.2) is 20.3 Å². The number of methoxy groups -OCH3 is 1. The van der Waals surface area contributed by atoms with Gasteiger partial charge in [0.1, 0.15) is 5.75 Å². The van der Waals surface area contributed by atoms with Gasteiger partial charge in [-0.05, 0) is 38.1 Å². The van der Waals surface area contributed by atoms with Gasteiger partial charge < -0.3 is 10.1 Å². The van der Waals surface area contributed by atoms with Crippen molar-refractivity contribution in [3.8, 4) is 5.75 Å². The molecule has 0 aliphatic rings. The second-order valence-electron chi connectivity index (χ2n) is 4.34. The van der Waals surface area contributed by atoms with Gasteiger partial charge in [-0.15, -0.1) is 0 Å². The predicted molar refractivity (Wildman–Crippen MR) is 72.5 cm³/mol. The average molecular weight is 340 g/mol. The smallest absolute Gasteiger partial charge is 0.389 e. The highest BCUT2D eigenvalue weighted by Gasteiger charge is 2.29. The van der Waals surface area contributed by atoms with Crippen molar-refractivity contribution in [3.63, 3.8) is 0 Å². The van der Waals surface area contributed by atoms with Crippen LogP contribution in [0.2, 0.25) is 0 Å². The third-order valence-corrected chi connectivity index (χ3v) is 3.81. The third-order valence-electron chi connectivity index (χ3n) is 2.95. The molecule has 108 valence electrons. The highest BCUT2D eigenvalue weighted by Crippen LogP contribution is 2.35. The first kappa shape index (κ1) is 16.3. The zero-order chi connectivity index (χ0) is 14.6. The maximum absolute atomic E-state index is 12.3. The first-order valence-electron chi connectivity index (χ1n) is 5.86. The molecular weight excluding hydrogens is 323 g/mol. The Balaban J connectivity index is 3.00. The van der Waals surface area contributed by atoms with Crippen LogP contribution in [0.15, 0.2) is 16.6 Å². The minimum absolute atomic E-state index is 0.0220. The molecule has 1 rings (SSSR count). The number of benzene rings is 1. The number of alkyl halides is 3. The van der Waals surface area contributed by atoms with Crippen molar-refractivity contribution in [1.82, 2.24) is 5.32 Å². The normalized spacial score (nSPS) is 13.4. The Kier molecular flexibility index (Phi) is 5.67. The van der Waals surface area contributed by atoms with E-state index in [4.69, 9.17) is 4.74 Å². The summed E-state index contributed by atoms with van der Waals surface area (Å²) in [6.45, 7) is 1.90. The van der Waals surface area contributed by atoms with Gasteiger partial charge in [0.15, 0.2) is 0 Å². The van der Waals surface area contributed by atoms with Crippen molar-refractivity contribution in [1.29, 1.82) is 0 Å². The Bertz CT molecular complexity index is 435. The van der Waals surface area contributed by atoms with E-state index < -0.39 is 18.6 Å². The second-order valence-corrected chi connectivity index (χ2v) is 5.19. The molecule has 6 heteroatoms. The lowest BCUT2D eigenvalue weighted by atomic mass is 9.99. The molecule has 0 aliphatic heterocycles. The van der Waals surface area contributed by atoms with E-state index in [0.717, 1.165) is 15.6 Å². The number of aryl methyl sites for hydroxylation is 1. The molecule has 0 aliphatic carbocycles. The van der Waals surface area contributed by atoms with Gasteiger partial charge in [0.25, 0.3) is 0 Å². The fraction of sp³-hybridized carbons (Fsp3) is 0.538. The van der Waals surface area contributed by atoms with E-state index in [2.05, 4.69) is 21.2 Å². The molecule has 0 amide bonds. The van der Waals surface area contributed by atoms with Crippen molar-refractivity contribution in [2.75, 3.05) is 14.2 Å². The average Bonchev–Trinajstić information content (AvgIpc) is 2.32. The van der Waals surface area contributed by atoms with E-state index in [1.54, 1.807) is 7.05 Å². The molecule has 0 fully saturated rings.